The van der Waals surface area contributed by atoms with E-state index in [9.17, 15) is 4.79 Å². The maximum absolute atomic E-state index is 10.7. The van der Waals surface area contributed by atoms with Crippen molar-refractivity contribution in [2.75, 3.05) is 7.05 Å². The molecule has 0 heterocycles. The van der Waals surface area contributed by atoms with E-state index >= 15 is 0 Å². The highest BCUT2D eigenvalue weighted by Gasteiger charge is 2.13. The minimum absolute atomic E-state index is 0.0177. The van der Waals surface area contributed by atoms with E-state index in [1.807, 2.05) is 57.0 Å². The van der Waals surface area contributed by atoms with E-state index in [1.54, 1.807) is 0 Å². The molecule has 1 rings (SSSR count). The van der Waals surface area contributed by atoms with E-state index in [0.717, 1.165) is 17.9 Å². The van der Waals surface area contributed by atoms with Crippen LogP contribution in [-0.4, -0.2) is 35.2 Å². The van der Waals surface area contributed by atoms with Gasteiger partial charge in [-0.05, 0) is 45.5 Å². The highest BCUT2D eigenvalue weighted by Crippen LogP contribution is 2.15. The van der Waals surface area contributed by atoms with Crippen molar-refractivity contribution in [3.8, 4) is 5.75 Å². The van der Waals surface area contributed by atoms with Gasteiger partial charge in [-0.2, -0.15) is 0 Å². The second-order valence-electron chi connectivity index (χ2n) is 5.17. The fourth-order valence-electron chi connectivity index (χ4n) is 1.80. The Balaban J connectivity index is 2.55. The van der Waals surface area contributed by atoms with Gasteiger partial charge in [-0.1, -0.05) is 12.1 Å². The highest BCUT2D eigenvalue weighted by molar-refractivity contribution is 5.67. The third kappa shape index (κ3) is 5.75. The molecule has 4 heteroatoms. The predicted molar refractivity (Wildman–Crippen MR) is 75.4 cm³/mol. The largest absolute Gasteiger partial charge is 0.491 e. The van der Waals surface area contributed by atoms with Crippen LogP contribution in [0, 0.1) is 0 Å². The number of hydrogen-bond acceptors (Lipinski definition) is 3. The number of aliphatic carboxylic acids is 1. The predicted octanol–water partition coefficient (Wildman–Crippen LogP) is 2.77. The lowest BCUT2D eigenvalue weighted by atomic mass is 10.1. The number of hydrogen-bond donors (Lipinski definition) is 1. The molecule has 0 fully saturated rings. The molecule has 0 aliphatic rings. The first-order valence-electron chi connectivity index (χ1n) is 6.56. The molecule has 0 radical (unpaired) electrons. The number of carbonyl (C=O) groups is 1. The van der Waals surface area contributed by atoms with Gasteiger partial charge >= 0.3 is 5.97 Å². The van der Waals surface area contributed by atoms with Crippen LogP contribution in [0.5, 0.6) is 5.75 Å². The van der Waals surface area contributed by atoms with Crippen LogP contribution in [0.15, 0.2) is 24.3 Å². The molecule has 0 bridgehead atoms. The van der Waals surface area contributed by atoms with Crippen LogP contribution in [0.2, 0.25) is 0 Å². The second-order valence-corrected chi connectivity index (χ2v) is 5.17. The van der Waals surface area contributed by atoms with E-state index in [0.29, 0.717) is 0 Å². The van der Waals surface area contributed by atoms with Crippen LogP contribution in [0.4, 0.5) is 0 Å². The average molecular weight is 265 g/mol. The zero-order valence-corrected chi connectivity index (χ0v) is 12.1. The van der Waals surface area contributed by atoms with Gasteiger partial charge in [-0.25, -0.2) is 0 Å². The summed E-state index contributed by atoms with van der Waals surface area (Å²) in [6.07, 6.45) is 0.328. The molecule has 1 aromatic rings. The number of carboxylic acid groups (broad SMARTS) is 1. The molecule has 0 saturated carbocycles. The van der Waals surface area contributed by atoms with Gasteiger partial charge in [0.1, 0.15) is 5.75 Å². The van der Waals surface area contributed by atoms with Gasteiger partial charge in [-0.15, -0.1) is 0 Å². The molecule has 0 aliphatic carbocycles. The first kappa shape index (κ1) is 15.5. The SMILES string of the molecule is CC(C)Oc1ccc(CN(C)C(C)CC(=O)O)cc1. The number of nitrogens with zero attached hydrogens (tertiary/aromatic N) is 1. The van der Waals surface area contributed by atoms with Crippen molar-refractivity contribution in [2.45, 2.75) is 45.9 Å². The van der Waals surface area contributed by atoms with Crippen molar-refractivity contribution in [3.05, 3.63) is 29.8 Å². The Hall–Kier alpha value is -1.55. The maximum atomic E-state index is 10.7. The summed E-state index contributed by atoms with van der Waals surface area (Å²) in [5.74, 6) is 0.0972. The summed E-state index contributed by atoms with van der Waals surface area (Å²) in [5.41, 5.74) is 1.15. The van der Waals surface area contributed by atoms with Crippen molar-refractivity contribution >= 4 is 5.97 Å². The van der Waals surface area contributed by atoms with E-state index in [2.05, 4.69) is 0 Å². The standard InChI is InChI=1S/C15H23NO3/c1-11(2)19-14-7-5-13(6-8-14)10-16(4)12(3)9-15(17)18/h5-8,11-12H,9-10H2,1-4H3,(H,17,18). The highest BCUT2D eigenvalue weighted by atomic mass is 16.5. The number of carboxylic acids is 1. The third-order valence-electron chi connectivity index (χ3n) is 2.95. The smallest absolute Gasteiger partial charge is 0.304 e. The Kier molecular flexibility index (Phi) is 5.83. The molecule has 1 atom stereocenters. The van der Waals surface area contributed by atoms with Gasteiger partial charge in [0, 0.05) is 12.6 Å². The normalized spacial score (nSPS) is 12.7. The molecule has 1 unspecified atom stereocenters. The monoisotopic (exact) mass is 265 g/mol. The third-order valence-corrected chi connectivity index (χ3v) is 2.95. The Morgan fingerprint density at radius 2 is 1.84 bits per heavy atom. The van der Waals surface area contributed by atoms with Crippen LogP contribution < -0.4 is 4.74 Å². The molecule has 4 nitrogen and oxygen atoms in total. The van der Waals surface area contributed by atoms with Crippen LogP contribution in [0.1, 0.15) is 32.8 Å². The summed E-state index contributed by atoms with van der Waals surface area (Å²) in [6.45, 7) is 6.64. The average Bonchev–Trinajstić information content (AvgIpc) is 2.30. The Bertz CT molecular complexity index is 400. The summed E-state index contributed by atoms with van der Waals surface area (Å²) in [7, 11) is 1.94. The molecular weight excluding hydrogens is 242 g/mol. The summed E-state index contributed by atoms with van der Waals surface area (Å²) >= 11 is 0. The summed E-state index contributed by atoms with van der Waals surface area (Å²) < 4.78 is 5.58. The van der Waals surface area contributed by atoms with Crippen molar-refractivity contribution < 1.29 is 14.6 Å². The Morgan fingerprint density at radius 1 is 1.26 bits per heavy atom. The topological polar surface area (TPSA) is 49.8 Å². The van der Waals surface area contributed by atoms with Crippen molar-refractivity contribution in [3.63, 3.8) is 0 Å². The Labute approximate surface area is 115 Å². The zero-order valence-electron chi connectivity index (χ0n) is 12.1. The quantitative estimate of drug-likeness (QED) is 0.823. The molecule has 0 amide bonds. The molecule has 0 aliphatic heterocycles. The zero-order chi connectivity index (χ0) is 14.4. The fourth-order valence-corrected chi connectivity index (χ4v) is 1.80. The summed E-state index contributed by atoms with van der Waals surface area (Å²) in [4.78, 5) is 12.7. The number of benzene rings is 1. The maximum Gasteiger partial charge on any atom is 0.304 e. The first-order valence-corrected chi connectivity index (χ1v) is 6.56. The van der Waals surface area contributed by atoms with Gasteiger partial charge in [0.15, 0.2) is 0 Å². The molecule has 0 saturated heterocycles. The van der Waals surface area contributed by atoms with E-state index < -0.39 is 5.97 Å². The van der Waals surface area contributed by atoms with Crippen LogP contribution in [0.25, 0.3) is 0 Å². The van der Waals surface area contributed by atoms with Crippen LogP contribution >= 0.6 is 0 Å². The van der Waals surface area contributed by atoms with Crippen molar-refractivity contribution in [1.82, 2.24) is 4.90 Å². The lowest BCUT2D eigenvalue weighted by molar-refractivity contribution is -0.138. The van der Waals surface area contributed by atoms with Crippen molar-refractivity contribution in [1.29, 1.82) is 0 Å². The Morgan fingerprint density at radius 3 is 2.32 bits per heavy atom. The van der Waals surface area contributed by atoms with Gasteiger partial charge in [-0.3, -0.25) is 9.69 Å². The molecule has 106 valence electrons. The second kappa shape index (κ2) is 7.14. The molecule has 1 aromatic carbocycles. The van der Waals surface area contributed by atoms with E-state index in [-0.39, 0.29) is 18.6 Å². The molecule has 1 N–H and O–H groups in total. The summed E-state index contributed by atoms with van der Waals surface area (Å²) in [5, 5.41) is 8.78. The van der Waals surface area contributed by atoms with Crippen LogP contribution in [-0.2, 0) is 11.3 Å². The number of ether oxygens (including phenoxy) is 1. The van der Waals surface area contributed by atoms with Crippen LogP contribution in [0.3, 0.4) is 0 Å². The molecular formula is C15H23NO3. The van der Waals surface area contributed by atoms with Gasteiger partial charge < -0.3 is 9.84 Å². The molecule has 0 spiro atoms. The van der Waals surface area contributed by atoms with E-state index in [4.69, 9.17) is 9.84 Å². The molecule has 19 heavy (non-hydrogen) atoms. The summed E-state index contributed by atoms with van der Waals surface area (Å²) in [6, 6.07) is 7.95. The van der Waals surface area contributed by atoms with Gasteiger partial charge in [0.2, 0.25) is 0 Å². The molecule has 0 aromatic heterocycles. The minimum atomic E-state index is -0.764. The lowest BCUT2D eigenvalue weighted by Gasteiger charge is -2.23. The fraction of sp³-hybridized carbons (Fsp3) is 0.533. The first-order chi connectivity index (χ1) is 8.88. The van der Waals surface area contributed by atoms with Gasteiger partial charge in [0.05, 0.1) is 12.5 Å². The van der Waals surface area contributed by atoms with Crippen molar-refractivity contribution in [2.24, 2.45) is 0 Å². The lowest BCUT2D eigenvalue weighted by Crippen LogP contribution is -2.30. The minimum Gasteiger partial charge on any atom is -0.491 e. The van der Waals surface area contributed by atoms with Gasteiger partial charge in [0.25, 0.3) is 0 Å². The van der Waals surface area contributed by atoms with E-state index in [1.165, 1.54) is 0 Å². The number of rotatable bonds is 7.